The smallest absolute Gasteiger partial charge is 0.253 e. The van der Waals surface area contributed by atoms with E-state index < -0.39 is 0 Å². The molecule has 0 aliphatic carbocycles. The number of nitrogens with one attached hydrogen (secondary N) is 1. The molecule has 1 N–H and O–H groups in total. The maximum Gasteiger partial charge on any atom is 0.253 e. The second kappa shape index (κ2) is 7.41. The van der Waals surface area contributed by atoms with E-state index in [0.29, 0.717) is 18.5 Å². The number of nitrogens with zero attached hydrogens (tertiary/aromatic N) is 1. The number of hydrogen-bond donors (Lipinski definition) is 1. The van der Waals surface area contributed by atoms with Gasteiger partial charge in [-0.2, -0.15) is 0 Å². The van der Waals surface area contributed by atoms with Crippen LogP contribution in [0.3, 0.4) is 0 Å². The van der Waals surface area contributed by atoms with Gasteiger partial charge in [0.25, 0.3) is 5.91 Å². The molecule has 0 aliphatic rings. The van der Waals surface area contributed by atoms with E-state index in [2.05, 4.69) is 5.32 Å². The predicted molar refractivity (Wildman–Crippen MR) is 87.5 cm³/mol. The highest BCUT2D eigenvalue weighted by Crippen LogP contribution is 2.19. The third-order valence-electron chi connectivity index (χ3n) is 3.54. The van der Waals surface area contributed by atoms with E-state index >= 15 is 0 Å². The van der Waals surface area contributed by atoms with Gasteiger partial charge in [0, 0.05) is 32.6 Å². The van der Waals surface area contributed by atoms with Crippen LogP contribution in [-0.4, -0.2) is 37.4 Å². The van der Waals surface area contributed by atoms with Crippen molar-refractivity contribution in [2.75, 3.05) is 20.6 Å². The summed E-state index contributed by atoms with van der Waals surface area (Å²) >= 11 is 0. The Morgan fingerprint density at radius 3 is 2.14 bits per heavy atom. The molecule has 0 radical (unpaired) electrons. The van der Waals surface area contributed by atoms with Crippen LogP contribution < -0.4 is 5.32 Å². The lowest BCUT2D eigenvalue weighted by Gasteiger charge is -2.17. The second-order valence-electron chi connectivity index (χ2n) is 5.09. The molecule has 0 aliphatic heterocycles. The molecule has 0 aromatic heterocycles. The van der Waals surface area contributed by atoms with Gasteiger partial charge in [-0.05, 0) is 23.3 Å². The normalized spacial score (nSPS) is 10.1. The monoisotopic (exact) mass is 296 g/mol. The van der Waals surface area contributed by atoms with Gasteiger partial charge in [-0.15, -0.1) is 0 Å². The number of hydrogen-bond acceptors (Lipinski definition) is 2. The van der Waals surface area contributed by atoms with Crippen LogP contribution in [0.4, 0.5) is 0 Å². The minimum atomic E-state index is -0.0801. The van der Waals surface area contributed by atoms with E-state index in [-0.39, 0.29) is 11.8 Å². The molecule has 4 nitrogen and oxygen atoms in total. The van der Waals surface area contributed by atoms with Crippen LogP contribution in [0, 0.1) is 0 Å². The van der Waals surface area contributed by atoms with Crippen LogP contribution in [0.2, 0.25) is 0 Å². The Bertz CT molecular complexity index is 636. The van der Waals surface area contributed by atoms with Gasteiger partial charge in [0.2, 0.25) is 5.91 Å². The largest absolute Gasteiger partial charge is 0.359 e. The Kier molecular flexibility index (Phi) is 5.31. The molecule has 22 heavy (non-hydrogen) atoms. The highest BCUT2D eigenvalue weighted by molar-refractivity contribution is 5.94. The topological polar surface area (TPSA) is 49.4 Å². The van der Waals surface area contributed by atoms with Gasteiger partial charge >= 0.3 is 0 Å². The molecular weight excluding hydrogens is 276 g/mol. The Morgan fingerprint density at radius 2 is 1.55 bits per heavy atom. The fourth-order valence-electron chi connectivity index (χ4n) is 2.15. The summed E-state index contributed by atoms with van der Waals surface area (Å²) in [6.07, 6.45) is 0.306. The van der Waals surface area contributed by atoms with E-state index in [1.807, 2.05) is 54.6 Å². The van der Waals surface area contributed by atoms with E-state index in [1.54, 1.807) is 19.0 Å². The highest BCUT2D eigenvalue weighted by Gasteiger charge is 2.12. The van der Waals surface area contributed by atoms with Gasteiger partial charge < -0.3 is 10.2 Å². The molecule has 0 spiro atoms. The molecular formula is C18H20N2O2. The summed E-state index contributed by atoms with van der Waals surface area (Å²) < 4.78 is 0. The third kappa shape index (κ3) is 3.95. The minimum absolute atomic E-state index is 0.0703. The van der Waals surface area contributed by atoms with Crippen LogP contribution in [0.1, 0.15) is 16.8 Å². The van der Waals surface area contributed by atoms with Crippen LogP contribution >= 0.6 is 0 Å². The van der Waals surface area contributed by atoms with E-state index in [9.17, 15) is 9.59 Å². The van der Waals surface area contributed by atoms with Crippen molar-refractivity contribution < 1.29 is 9.59 Å². The number of rotatable bonds is 5. The molecule has 2 amide bonds. The molecule has 4 heteroatoms. The molecule has 0 saturated carbocycles. The minimum Gasteiger partial charge on any atom is -0.359 e. The van der Waals surface area contributed by atoms with Crippen molar-refractivity contribution in [1.82, 2.24) is 10.2 Å². The van der Waals surface area contributed by atoms with Gasteiger partial charge in [-0.1, -0.05) is 42.5 Å². The maximum atomic E-state index is 12.3. The quantitative estimate of drug-likeness (QED) is 0.922. The fourth-order valence-corrected chi connectivity index (χ4v) is 2.15. The number of amides is 2. The predicted octanol–water partition coefficient (Wildman–Crippen LogP) is 2.56. The van der Waals surface area contributed by atoms with Gasteiger partial charge in [0.15, 0.2) is 0 Å². The van der Waals surface area contributed by atoms with Crippen molar-refractivity contribution in [2.45, 2.75) is 6.42 Å². The van der Waals surface area contributed by atoms with E-state index in [0.717, 1.165) is 11.1 Å². The Morgan fingerprint density at radius 1 is 0.955 bits per heavy atom. The molecule has 0 atom stereocenters. The second-order valence-corrected chi connectivity index (χ2v) is 5.09. The standard InChI is InChI=1S/C18H20N2O2/c1-19-17(21)12-13-20(2)18(22)16-10-8-15(9-11-16)14-6-4-3-5-7-14/h3-11H,12-13H2,1-2H3,(H,19,21). The van der Waals surface area contributed by atoms with Crippen LogP contribution in [0.15, 0.2) is 54.6 Å². The first-order valence-electron chi connectivity index (χ1n) is 7.23. The van der Waals surface area contributed by atoms with Crippen molar-refractivity contribution in [3.05, 3.63) is 60.2 Å². The van der Waals surface area contributed by atoms with Crippen molar-refractivity contribution >= 4 is 11.8 Å². The highest BCUT2D eigenvalue weighted by atomic mass is 16.2. The lowest BCUT2D eigenvalue weighted by atomic mass is 10.0. The van der Waals surface area contributed by atoms with E-state index in [4.69, 9.17) is 0 Å². The zero-order valence-corrected chi connectivity index (χ0v) is 12.9. The number of carbonyl (C=O) groups excluding carboxylic acids is 2. The number of carbonyl (C=O) groups is 2. The summed E-state index contributed by atoms with van der Waals surface area (Å²) in [6, 6.07) is 17.5. The van der Waals surface area contributed by atoms with Crippen molar-refractivity contribution in [1.29, 1.82) is 0 Å². The zero-order chi connectivity index (χ0) is 15.9. The fraction of sp³-hybridized carbons (Fsp3) is 0.222. The summed E-state index contributed by atoms with van der Waals surface area (Å²) in [6.45, 7) is 0.402. The average Bonchev–Trinajstić information content (AvgIpc) is 2.59. The first-order valence-corrected chi connectivity index (χ1v) is 7.23. The molecule has 0 heterocycles. The molecule has 2 rings (SSSR count). The molecule has 114 valence electrons. The first kappa shape index (κ1) is 15.8. The summed E-state index contributed by atoms with van der Waals surface area (Å²) in [4.78, 5) is 25.1. The van der Waals surface area contributed by atoms with Gasteiger partial charge in [0.05, 0.1) is 0 Å². The molecule has 0 saturated heterocycles. The van der Waals surface area contributed by atoms with Crippen molar-refractivity contribution in [3.8, 4) is 11.1 Å². The zero-order valence-electron chi connectivity index (χ0n) is 12.9. The third-order valence-corrected chi connectivity index (χ3v) is 3.54. The Labute approximate surface area is 130 Å². The Hall–Kier alpha value is -2.62. The van der Waals surface area contributed by atoms with Crippen LogP contribution in [-0.2, 0) is 4.79 Å². The molecule has 2 aromatic carbocycles. The number of benzene rings is 2. The molecule has 2 aromatic rings. The van der Waals surface area contributed by atoms with Crippen LogP contribution in [0.25, 0.3) is 11.1 Å². The van der Waals surface area contributed by atoms with Crippen LogP contribution in [0.5, 0.6) is 0 Å². The van der Waals surface area contributed by atoms with Gasteiger partial charge in [-0.3, -0.25) is 9.59 Å². The maximum absolute atomic E-state index is 12.3. The van der Waals surface area contributed by atoms with Crippen molar-refractivity contribution in [3.63, 3.8) is 0 Å². The molecule has 0 unspecified atom stereocenters. The van der Waals surface area contributed by atoms with Gasteiger partial charge in [-0.25, -0.2) is 0 Å². The summed E-state index contributed by atoms with van der Waals surface area (Å²) in [5.41, 5.74) is 2.82. The molecule has 0 fully saturated rings. The Balaban J connectivity index is 2.03. The lowest BCUT2D eigenvalue weighted by molar-refractivity contribution is -0.120. The average molecular weight is 296 g/mol. The molecule has 0 bridgehead atoms. The summed E-state index contributed by atoms with van der Waals surface area (Å²) in [5, 5.41) is 2.55. The van der Waals surface area contributed by atoms with Crippen molar-refractivity contribution in [2.24, 2.45) is 0 Å². The first-order chi connectivity index (χ1) is 10.6. The van der Waals surface area contributed by atoms with E-state index in [1.165, 1.54) is 0 Å². The van der Waals surface area contributed by atoms with Gasteiger partial charge in [0.1, 0.15) is 0 Å². The SMILES string of the molecule is CNC(=O)CCN(C)C(=O)c1ccc(-c2ccccc2)cc1. The summed E-state index contributed by atoms with van der Waals surface area (Å²) in [5.74, 6) is -0.150. The summed E-state index contributed by atoms with van der Waals surface area (Å²) in [7, 11) is 3.29. The lowest BCUT2D eigenvalue weighted by Crippen LogP contribution is -2.31.